The number of pyridine rings is 1. The van der Waals surface area contributed by atoms with Crippen LogP contribution < -0.4 is 10.5 Å². The Hall–Kier alpha value is -1.23. The van der Waals surface area contributed by atoms with Gasteiger partial charge in [-0.2, -0.15) is 0 Å². The molecule has 0 bridgehead atoms. The summed E-state index contributed by atoms with van der Waals surface area (Å²) in [5.41, 5.74) is 6.20. The van der Waals surface area contributed by atoms with E-state index in [2.05, 4.69) is 4.98 Å². The quantitative estimate of drug-likeness (QED) is 0.866. The average Bonchev–Trinajstić information content (AvgIpc) is 2.33. The summed E-state index contributed by atoms with van der Waals surface area (Å²) >= 11 is 0. The highest BCUT2D eigenvalue weighted by molar-refractivity contribution is 5.33. The molecule has 0 aliphatic heterocycles. The number of hydrogen-bond acceptors (Lipinski definition) is 3. The maximum Gasteiger partial charge on any atom is 0.248 e. The largest absolute Gasteiger partial charge is 0.481 e. The third kappa shape index (κ3) is 2.39. The lowest BCUT2D eigenvalue weighted by Gasteiger charge is -2.37. The lowest BCUT2D eigenvalue weighted by atomic mass is 9.76. The Morgan fingerprint density at radius 3 is 2.53 bits per heavy atom. The molecule has 17 heavy (non-hydrogen) atoms. The number of ether oxygens (including phenoxy) is 1. The van der Waals surface area contributed by atoms with Gasteiger partial charge in [0, 0.05) is 30.1 Å². The predicted octanol–water partition coefficient (Wildman–Crippen LogP) is 2.45. The van der Waals surface area contributed by atoms with Gasteiger partial charge in [0.05, 0.1) is 7.11 Å². The molecule has 1 saturated carbocycles. The fraction of sp³-hybridized carbons (Fsp3) is 0.583. The number of nitrogens with zero attached hydrogens (tertiary/aromatic N) is 1. The average molecular weight is 242 g/mol. The lowest BCUT2D eigenvalue weighted by Crippen LogP contribution is -2.43. The van der Waals surface area contributed by atoms with Gasteiger partial charge in [0.25, 0.3) is 0 Å². The van der Waals surface area contributed by atoms with E-state index >= 15 is 0 Å². The molecule has 0 saturated heterocycles. The molecule has 1 heterocycles. The molecule has 1 aliphatic rings. The van der Waals surface area contributed by atoms with Crippen LogP contribution in [0.1, 0.15) is 31.2 Å². The normalized spacial score (nSPS) is 22.1. The molecule has 0 amide bonds. The zero-order valence-corrected chi connectivity index (χ0v) is 9.75. The van der Waals surface area contributed by atoms with Crippen molar-refractivity contribution >= 4 is 0 Å². The van der Waals surface area contributed by atoms with Crippen LogP contribution in [0.3, 0.4) is 0 Å². The van der Waals surface area contributed by atoms with Gasteiger partial charge in [-0.05, 0) is 18.9 Å². The highest BCUT2D eigenvalue weighted by atomic mass is 19.3. The number of hydrogen-bond donors (Lipinski definition) is 1. The van der Waals surface area contributed by atoms with E-state index in [0.29, 0.717) is 5.88 Å². The van der Waals surface area contributed by atoms with Crippen molar-refractivity contribution in [3.05, 3.63) is 23.9 Å². The zero-order valence-electron chi connectivity index (χ0n) is 9.75. The number of alkyl halides is 2. The summed E-state index contributed by atoms with van der Waals surface area (Å²) in [5.74, 6) is -2.15. The van der Waals surface area contributed by atoms with Crippen LogP contribution in [0.2, 0.25) is 0 Å². The second-order valence-corrected chi connectivity index (χ2v) is 4.57. The van der Waals surface area contributed by atoms with Gasteiger partial charge in [0.1, 0.15) is 0 Å². The summed E-state index contributed by atoms with van der Waals surface area (Å²) in [6, 6.07) is 3.55. The fourth-order valence-corrected chi connectivity index (χ4v) is 2.26. The summed E-state index contributed by atoms with van der Waals surface area (Å²) in [7, 11) is 1.51. The van der Waals surface area contributed by atoms with Crippen LogP contribution in [-0.4, -0.2) is 18.0 Å². The Kier molecular flexibility index (Phi) is 3.03. The zero-order chi connectivity index (χ0) is 12.5. The summed E-state index contributed by atoms with van der Waals surface area (Å²) in [6.45, 7) is 0. The van der Waals surface area contributed by atoms with Crippen molar-refractivity contribution < 1.29 is 13.5 Å². The molecule has 1 aliphatic carbocycles. The molecule has 0 unspecified atom stereocenters. The first kappa shape index (κ1) is 12.2. The van der Waals surface area contributed by atoms with Gasteiger partial charge in [-0.3, -0.25) is 0 Å². The van der Waals surface area contributed by atoms with Crippen molar-refractivity contribution in [1.29, 1.82) is 0 Å². The van der Waals surface area contributed by atoms with Crippen molar-refractivity contribution in [1.82, 2.24) is 4.98 Å². The number of nitrogens with two attached hydrogens (primary N) is 1. The van der Waals surface area contributed by atoms with Crippen molar-refractivity contribution in [3.63, 3.8) is 0 Å². The standard InChI is InChI=1S/C12H16F2N2O/c1-17-10-9(3-2-8-16-10)11(15)4-6-12(13,14)7-5-11/h2-3,8H,4-7,15H2,1H3. The summed E-state index contributed by atoms with van der Waals surface area (Å²) < 4.78 is 31.4. The second kappa shape index (κ2) is 4.22. The first-order valence-corrected chi connectivity index (χ1v) is 5.63. The maximum atomic E-state index is 13.1. The topological polar surface area (TPSA) is 48.1 Å². The van der Waals surface area contributed by atoms with Gasteiger partial charge in [-0.15, -0.1) is 0 Å². The van der Waals surface area contributed by atoms with Gasteiger partial charge in [-0.25, -0.2) is 13.8 Å². The van der Waals surface area contributed by atoms with Crippen LogP contribution in [-0.2, 0) is 5.54 Å². The minimum Gasteiger partial charge on any atom is -0.481 e. The molecular weight excluding hydrogens is 226 g/mol. The first-order valence-electron chi connectivity index (χ1n) is 5.63. The van der Waals surface area contributed by atoms with E-state index in [-0.39, 0.29) is 25.7 Å². The molecule has 5 heteroatoms. The van der Waals surface area contributed by atoms with Crippen molar-refractivity contribution in [3.8, 4) is 5.88 Å². The molecule has 2 N–H and O–H groups in total. The molecule has 94 valence electrons. The molecule has 0 aromatic carbocycles. The van der Waals surface area contributed by atoms with Gasteiger partial charge in [-0.1, -0.05) is 6.07 Å². The lowest BCUT2D eigenvalue weighted by molar-refractivity contribution is -0.0517. The smallest absolute Gasteiger partial charge is 0.248 e. The first-order chi connectivity index (χ1) is 7.97. The van der Waals surface area contributed by atoms with Crippen molar-refractivity contribution in [2.45, 2.75) is 37.1 Å². The van der Waals surface area contributed by atoms with E-state index in [9.17, 15) is 8.78 Å². The summed E-state index contributed by atoms with van der Waals surface area (Å²) in [6.07, 6.45) is 1.75. The van der Waals surface area contributed by atoms with Crippen molar-refractivity contribution in [2.75, 3.05) is 7.11 Å². The highest BCUT2D eigenvalue weighted by Gasteiger charge is 2.43. The molecule has 3 nitrogen and oxygen atoms in total. The van der Waals surface area contributed by atoms with Gasteiger partial charge in [0.15, 0.2) is 0 Å². The van der Waals surface area contributed by atoms with Crippen LogP contribution in [0.4, 0.5) is 8.78 Å². The molecule has 2 rings (SSSR count). The fourth-order valence-electron chi connectivity index (χ4n) is 2.26. The Balaban J connectivity index is 2.27. The third-order valence-electron chi connectivity index (χ3n) is 3.37. The maximum absolute atomic E-state index is 13.1. The van der Waals surface area contributed by atoms with E-state index in [1.165, 1.54) is 7.11 Å². The van der Waals surface area contributed by atoms with Crippen LogP contribution >= 0.6 is 0 Å². The summed E-state index contributed by atoms with van der Waals surface area (Å²) in [5, 5.41) is 0. The molecule has 0 spiro atoms. The minimum atomic E-state index is -2.59. The Bertz CT molecular complexity index is 399. The van der Waals surface area contributed by atoms with Crippen LogP contribution in [0.5, 0.6) is 5.88 Å². The number of rotatable bonds is 2. The molecule has 1 fully saturated rings. The van der Waals surface area contributed by atoms with Crippen molar-refractivity contribution in [2.24, 2.45) is 5.73 Å². The highest BCUT2D eigenvalue weighted by Crippen LogP contribution is 2.43. The van der Waals surface area contributed by atoms with E-state index in [4.69, 9.17) is 10.5 Å². The number of methoxy groups -OCH3 is 1. The van der Waals surface area contributed by atoms with Gasteiger partial charge in [0.2, 0.25) is 11.8 Å². The van der Waals surface area contributed by atoms with Crippen LogP contribution in [0.15, 0.2) is 18.3 Å². The van der Waals surface area contributed by atoms with E-state index in [1.807, 2.05) is 0 Å². The van der Waals surface area contributed by atoms with Crippen LogP contribution in [0, 0.1) is 0 Å². The molecular formula is C12H16F2N2O. The van der Waals surface area contributed by atoms with Crippen LogP contribution in [0.25, 0.3) is 0 Å². The van der Waals surface area contributed by atoms with Gasteiger partial charge >= 0.3 is 0 Å². The van der Waals surface area contributed by atoms with E-state index in [1.54, 1.807) is 18.3 Å². The Labute approximate surface area is 99.0 Å². The molecule has 1 aromatic rings. The Morgan fingerprint density at radius 1 is 1.29 bits per heavy atom. The summed E-state index contributed by atoms with van der Waals surface area (Å²) in [4.78, 5) is 4.06. The molecule has 1 aromatic heterocycles. The van der Waals surface area contributed by atoms with E-state index < -0.39 is 11.5 Å². The SMILES string of the molecule is COc1ncccc1C1(N)CCC(F)(F)CC1. The van der Waals surface area contributed by atoms with E-state index in [0.717, 1.165) is 5.56 Å². The molecule has 0 atom stereocenters. The third-order valence-corrected chi connectivity index (χ3v) is 3.37. The number of halogens is 2. The second-order valence-electron chi connectivity index (χ2n) is 4.57. The monoisotopic (exact) mass is 242 g/mol. The van der Waals surface area contributed by atoms with Gasteiger partial charge < -0.3 is 10.5 Å². The Morgan fingerprint density at radius 2 is 1.94 bits per heavy atom. The number of aromatic nitrogens is 1. The molecule has 0 radical (unpaired) electrons. The minimum absolute atomic E-state index is 0.179. The predicted molar refractivity (Wildman–Crippen MR) is 60.1 cm³/mol.